The smallest absolute Gasteiger partial charge is 0.227 e. The van der Waals surface area contributed by atoms with Crippen LogP contribution >= 0.6 is 11.6 Å². The molecule has 1 N–H and O–H groups in total. The van der Waals surface area contributed by atoms with Gasteiger partial charge in [0.05, 0.1) is 5.56 Å². The lowest BCUT2D eigenvalue weighted by molar-refractivity contribution is 0.454. The van der Waals surface area contributed by atoms with Gasteiger partial charge in [-0.1, -0.05) is 31.0 Å². The molecule has 0 saturated heterocycles. The fraction of sp³-hybridized carbons (Fsp3) is 0.286. The van der Waals surface area contributed by atoms with E-state index in [1.165, 1.54) is 6.33 Å². The Morgan fingerprint density at radius 2 is 2.16 bits per heavy atom. The Hall–Kier alpha value is -1.81. The molecule has 5 heteroatoms. The Morgan fingerprint density at radius 3 is 2.84 bits per heavy atom. The molecule has 19 heavy (non-hydrogen) atoms. The number of anilines is 1. The second kappa shape index (κ2) is 6.38. The van der Waals surface area contributed by atoms with Crippen molar-refractivity contribution < 1.29 is 4.74 Å². The number of benzene rings is 1. The Morgan fingerprint density at radius 1 is 1.32 bits per heavy atom. The van der Waals surface area contributed by atoms with Gasteiger partial charge in [-0.2, -0.15) is 0 Å². The van der Waals surface area contributed by atoms with E-state index in [1.54, 1.807) is 12.1 Å². The van der Waals surface area contributed by atoms with Crippen LogP contribution in [0.25, 0.3) is 0 Å². The third kappa shape index (κ3) is 3.35. The van der Waals surface area contributed by atoms with Crippen LogP contribution < -0.4 is 10.1 Å². The predicted molar refractivity (Wildman–Crippen MR) is 77.1 cm³/mol. The molecule has 0 saturated carbocycles. The monoisotopic (exact) mass is 277 g/mol. The summed E-state index contributed by atoms with van der Waals surface area (Å²) in [5.41, 5.74) is 0.979. The average Bonchev–Trinajstić information content (AvgIpc) is 2.41. The van der Waals surface area contributed by atoms with Gasteiger partial charge >= 0.3 is 0 Å². The number of aromatic nitrogens is 2. The molecule has 0 amide bonds. The molecule has 100 valence electrons. The lowest BCUT2D eigenvalue weighted by Gasteiger charge is -2.12. The first-order valence-electron chi connectivity index (χ1n) is 6.19. The lowest BCUT2D eigenvalue weighted by Crippen LogP contribution is -2.03. The van der Waals surface area contributed by atoms with Gasteiger partial charge < -0.3 is 10.1 Å². The van der Waals surface area contributed by atoms with Gasteiger partial charge in [0.2, 0.25) is 5.88 Å². The molecule has 2 rings (SSSR count). The molecule has 0 radical (unpaired) electrons. The summed E-state index contributed by atoms with van der Waals surface area (Å²) in [6.07, 6.45) is 3.34. The maximum atomic E-state index is 5.95. The quantitative estimate of drug-likeness (QED) is 0.900. The Kier molecular flexibility index (Phi) is 4.58. The highest BCUT2D eigenvalue weighted by atomic mass is 35.5. The van der Waals surface area contributed by atoms with Gasteiger partial charge in [0.15, 0.2) is 0 Å². The van der Waals surface area contributed by atoms with E-state index in [0.29, 0.717) is 16.7 Å². The van der Waals surface area contributed by atoms with Crippen molar-refractivity contribution in [1.29, 1.82) is 0 Å². The lowest BCUT2D eigenvalue weighted by atomic mass is 10.1. The number of rotatable bonds is 5. The van der Waals surface area contributed by atoms with Crippen LogP contribution in [0.15, 0.2) is 30.6 Å². The first-order valence-corrected chi connectivity index (χ1v) is 6.57. The highest BCUT2D eigenvalue weighted by Crippen LogP contribution is 2.29. The zero-order chi connectivity index (χ0) is 13.7. The van der Waals surface area contributed by atoms with E-state index >= 15 is 0 Å². The number of halogens is 1. The van der Waals surface area contributed by atoms with Crippen molar-refractivity contribution in [2.24, 2.45) is 0 Å². The summed E-state index contributed by atoms with van der Waals surface area (Å²) >= 11 is 5.95. The van der Waals surface area contributed by atoms with Crippen molar-refractivity contribution in [1.82, 2.24) is 9.97 Å². The number of hydrogen-bond acceptors (Lipinski definition) is 4. The molecule has 0 aliphatic heterocycles. The van der Waals surface area contributed by atoms with E-state index < -0.39 is 0 Å². The summed E-state index contributed by atoms with van der Waals surface area (Å²) in [5, 5.41) is 3.70. The van der Waals surface area contributed by atoms with Crippen LogP contribution in [0.3, 0.4) is 0 Å². The largest absolute Gasteiger partial charge is 0.438 e. The van der Waals surface area contributed by atoms with Crippen molar-refractivity contribution in [3.05, 3.63) is 41.2 Å². The number of nitrogens with one attached hydrogen (secondary N) is 1. The number of ether oxygens (including phenoxy) is 1. The van der Waals surface area contributed by atoms with Crippen molar-refractivity contribution in [2.45, 2.75) is 19.8 Å². The molecule has 0 unspecified atom stereocenters. The van der Waals surface area contributed by atoms with Gasteiger partial charge in [-0.3, -0.25) is 0 Å². The Labute approximate surface area is 117 Å². The van der Waals surface area contributed by atoms with E-state index in [2.05, 4.69) is 22.2 Å². The third-order valence-corrected chi connectivity index (χ3v) is 2.89. The van der Waals surface area contributed by atoms with Crippen molar-refractivity contribution in [2.75, 3.05) is 12.4 Å². The normalized spacial score (nSPS) is 10.3. The summed E-state index contributed by atoms with van der Waals surface area (Å²) in [7, 11) is 1.84. The van der Waals surface area contributed by atoms with Crippen LogP contribution in [0.1, 0.15) is 18.9 Å². The minimum absolute atomic E-state index is 0.573. The minimum atomic E-state index is 0.573. The molecule has 2 aromatic rings. The Balaban J connectivity index is 2.33. The van der Waals surface area contributed by atoms with Crippen molar-refractivity contribution in [3.63, 3.8) is 0 Å². The van der Waals surface area contributed by atoms with Gasteiger partial charge in [0, 0.05) is 12.1 Å². The van der Waals surface area contributed by atoms with E-state index in [-0.39, 0.29) is 0 Å². The Bertz CT molecular complexity index is 560. The van der Waals surface area contributed by atoms with Gasteiger partial charge in [0.25, 0.3) is 0 Å². The van der Waals surface area contributed by atoms with Crippen molar-refractivity contribution >= 4 is 17.4 Å². The third-order valence-electron chi connectivity index (χ3n) is 2.65. The van der Waals surface area contributed by atoms with Crippen LogP contribution in [0.4, 0.5) is 5.82 Å². The number of hydrogen-bond donors (Lipinski definition) is 1. The molecule has 0 aliphatic carbocycles. The van der Waals surface area contributed by atoms with Crippen LogP contribution in [-0.4, -0.2) is 17.0 Å². The standard InChI is InChI=1S/C14H16ClN3O/c1-3-5-12-13(16-2)17-9-18-14(12)19-11-7-4-6-10(15)8-11/h4,6-9H,3,5H2,1-2H3,(H,16,17,18). The average molecular weight is 278 g/mol. The fourth-order valence-corrected chi connectivity index (χ4v) is 2.00. The van der Waals surface area contributed by atoms with Crippen LogP contribution in [0, 0.1) is 0 Å². The van der Waals surface area contributed by atoms with Crippen LogP contribution in [0.5, 0.6) is 11.6 Å². The first-order chi connectivity index (χ1) is 9.24. The molecule has 0 fully saturated rings. The van der Waals surface area contributed by atoms with Crippen LogP contribution in [0.2, 0.25) is 5.02 Å². The molecule has 0 atom stereocenters. The maximum absolute atomic E-state index is 5.95. The second-order valence-electron chi connectivity index (χ2n) is 4.07. The van der Waals surface area contributed by atoms with E-state index in [1.807, 2.05) is 19.2 Å². The molecular weight excluding hydrogens is 262 g/mol. The summed E-state index contributed by atoms with van der Waals surface area (Å²) in [6.45, 7) is 2.11. The van der Waals surface area contributed by atoms with E-state index in [9.17, 15) is 0 Å². The SMILES string of the molecule is CCCc1c(NC)ncnc1Oc1cccc(Cl)c1. The molecular formula is C14H16ClN3O. The van der Waals surface area contributed by atoms with Gasteiger partial charge in [-0.25, -0.2) is 9.97 Å². The minimum Gasteiger partial charge on any atom is -0.438 e. The zero-order valence-electron chi connectivity index (χ0n) is 11.0. The highest BCUT2D eigenvalue weighted by molar-refractivity contribution is 6.30. The molecule has 1 heterocycles. The maximum Gasteiger partial charge on any atom is 0.227 e. The van der Waals surface area contributed by atoms with E-state index in [0.717, 1.165) is 24.2 Å². The molecule has 1 aromatic heterocycles. The molecule has 0 aliphatic rings. The van der Waals surface area contributed by atoms with Gasteiger partial charge in [-0.05, 0) is 24.6 Å². The molecule has 1 aromatic carbocycles. The molecule has 0 spiro atoms. The summed E-state index contributed by atoms with van der Waals surface area (Å²) in [5.74, 6) is 2.04. The zero-order valence-corrected chi connectivity index (χ0v) is 11.7. The summed E-state index contributed by atoms with van der Waals surface area (Å²) in [4.78, 5) is 8.42. The second-order valence-corrected chi connectivity index (χ2v) is 4.50. The number of nitrogens with zero attached hydrogens (tertiary/aromatic N) is 2. The van der Waals surface area contributed by atoms with Crippen molar-refractivity contribution in [3.8, 4) is 11.6 Å². The highest BCUT2D eigenvalue weighted by Gasteiger charge is 2.12. The van der Waals surface area contributed by atoms with Gasteiger partial charge in [0.1, 0.15) is 17.9 Å². The fourth-order valence-electron chi connectivity index (χ4n) is 1.82. The molecule has 0 bridgehead atoms. The topological polar surface area (TPSA) is 47.0 Å². The summed E-state index contributed by atoms with van der Waals surface area (Å²) < 4.78 is 5.81. The molecule has 4 nitrogen and oxygen atoms in total. The van der Waals surface area contributed by atoms with Gasteiger partial charge in [-0.15, -0.1) is 0 Å². The van der Waals surface area contributed by atoms with Crippen LogP contribution in [-0.2, 0) is 6.42 Å². The summed E-state index contributed by atoms with van der Waals surface area (Å²) in [6, 6.07) is 7.26. The first kappa shape index (κ1) is 13.6. The van der Waals surface area contributed by atoms with E-state index in [4.69, 9.17) is 16.3 Å². The predicted octanol–water partition coefficient (Wildman–Crippen LogP) is 3.92.